The van der Waals surface area contributed by atoms with Gasteiger partial charge in [0.2, 0.25) is 0 Å². The minimum absolute atomic E-state index is 0.540. The molecule has 1 unspecified atom stereocenters. The van der Waals surface area contributed by atoms with Crippen LogP contribution in [0.15, 0.2) is 0 Å². The summed E-state index contributed by atoms with van der Waals surface area (Å²) in [7, 11) is 0. The van der Waals surface area contributed by atoms with Crippen LogP contribution in [0.5, 0.6) is 0 Å². The molecular weight excluding hydrogens is 146 g/mol. The van der Waals surface area contributed by atoms with Gasteiger partial charge in [-0.05, 0) is 31.1 Å². The van der Waals surface area contributed by atoms with Crippen LogP contribution >= 0.6 is 0 Å². The number of hydrogen-bond acceptors (Lipinski definition) is 1. The highest BCUT2D eigenvalue weighted by atomic mass is 14.7. The molecule has 0 aromatic carbocycles. The maximum Gasteiger partial charge on any atom is 0.00697 e. The maximum absolute atomic E-state index is 6.19. The van der Waals surface area contributed by atoms with Crippen LogP contribution in [0.3, 0.4) is 0 Å². The maximum atomic E-state index is 6.19. The van der Waals surface area contributed by atoms with Crippen LogP contribution in [0.4, 0.5) is 0 Å². The zero-order valence-electron chi connectivity index (χ0n) is 7.97. The molecule has 0 heterocycles. The van der Waals surface area contributed by atoms with Crippen LogP contribution in [-0.4, -0.2) is 6.04 Å². The fraction of sp³-hybridized carbons (Fsp3) is 1.00. The summed E-state index contributed by atoms with van der Waals surface area (Å²) in [6.07, 6.45) is 11.4. The topological polar surface area (TPSA) is 26.0 Å². The van der Waals surface area contributed by atoms with Crippen molar-refractivity contribution in [1.82, 2.24) is 0 Å². The molecule has 1 heteroatoms. The van der Waals surface area contributed by atoms with Gasteiger partial charge in [-0.1, -0.05) is 32.1 Å². The Morgan fingerprint density at radius 3 is 2.25 bits per heavy atom. The lowest BCUT2D eigenvalue weighted by molar-refractivity contribution is 0.288. The van der Waals surface area contributed by atoms with Crippen molar-refractivity contribution in [1.29, 1.82) is 0 Å². The Hall–Kier alpha value is -0.0400. The summed E-state index contributed by atoms with van der Waals surface area (Å²) in [5.41, 5.74) is 6.19. The van der Waals surface area contributed by atoms with Gasteiger partial charge in [0.15, 0.2) is 0 Å². The molecule has 0 saturated heterocycles. The average Bonchev–Trinajstić information content (AvgIpc) is 2.90. The van der Waals surface area contributed by atoms with Gasteiger partial charge in [-0.3, -0.25) is 0 Å². The van der Waals surface area contributed by atoms with E-state index in [0.717, 1.165) is 11.8 Å². The van der Waals surface area contributed by atoms with Gasteiger partial charge in [0.25, 0.3) is 0 Å². The zero-order chi connectivity index (χ0) is 8.39. The van der Waals surface area contributed by atoms with Crippen molar-refractivity contribution in [3.63, 3.8) is 0 Å². The normalized spacial score (nSPS) is 28.8. The van der Waals surface area contributed by atoms with Crippen molar-refractivity contribution in [2.24, 2.45) is 17.6 Å². The molecule has 0 bridgehead atoms. The Balaban J connectivity index is 1.72. The number of nitrogens with two attached hydrogens (primary N) is 1. The molecule has 0 radical (unpaired) electrons. The van der Waals surface area contributed by atoms with E-state index in [4.69, 9.17) is 5.73 Å². The molecule has 0 aromatic rings. The zero-order valence-corrected chi connectivity index (χ0v) is 7.97. The molecular formula is C11H21N. The van der Waals surface area contributed by atoms with Crippen molar-refractivity contribution in [3.05, 3.63) is 0 Å². The van der Waals surface area contributed by atoms with Gasteiger partial charge in [0, 0.05) is 6.04 Å². The molecule has 0 aliphatic heterocycles. The summed E-state index contributed by atoms with van der Waals surface area (Å²) >= 11 is 0. The Morgan fingerprint density at radius 2 is 1.67 bits per heavy atom. The third kappa shape index (κ3) is 2.22. The van der Waals surface area contributed by atoms with Crippen LogP contribution in [0.25, 0.3) is 0 Å². The minimum atomic E-state index is 0.540. The molecule has 2 N–H and O–H groups in total. The van der Waals surface area contributed by atoms with Crippen molar-refractivity contribution in [2.45, 2.75) is 57.4 Å². The highest BCUT2D eigenvalue weighted by molar-refractivity contribution is 4.83. The van der Waals surface area contributed by atoms with Crippen LogP contribution < -0.4 is 5.73 Å². The van der Waals surface area contributed by atoms with E-state index in [1.165, 1.54) is 51.4 Å². The summed E-state index contributed by atoms with van der Waals surface area (Å²) in [5.74, 6) is 1.89. The summed E-state index contributed by atoms with van der Waals surface area (Å²) in [5, 5.41) is 0. The van der Waals surface area contributed by atoms with Gasteiger partial charge in [0.1, 0.15) is 0 Å². The second-order valence-electron chi connectivity index (χ2n) is 4.74. The van der Waals surface area contributed by atoms with Gasteiger partial charge < -0.3 is 5.73 Å². The third-order valence-electron chi connectivity index (χ3n) is 3.56. The molecule has 0 amide bonds. The first-order valence-electron chi connectivity index (χ1n) is 5.62. The largest absolute Gasteiger partial charge is 0.327 e. The van der Waals surface area contributed by atoms with E-state index in [0.29, 0.717) is 6.04 Å². The second kappa shape index (κ2) is 3.78. The molecule has 0 aromatic heterocycles. The van der Waals surface area contributed by atoms with Gasteiger partial charge in [-0.25, -0.2) is 0 Å². The van der Waals surface area contributed by atoms with Crippen LogP contribution in [0.1, 0.15) is 51.4 Å². The van der Waals surface area contributed by atoms with Crippen molar-refractivity contribution < 1.29 is 0 Å². The van der Waals surface area contributed by atoms with Gasteiger partial charge in [-0.2, -0.15) is 0 Å². The molecule has 0 spiro atoms. The Morgan fingerprint density at radius 1 is 1.00 bits per heavy atom. The first-order valence-corrected chi connectivity index (χ1v) is 5.62. The van der Waals surface area contributed by atoms with E-state index in [1.807, 2.05) is 0 Å². The lowest BCUT2D eigenvalue weighted by atomic mass is 9.82. The summed E-state index contributed by atoms with van der Waals surface area (Å²) < 4.78 is 0. The van der Waals surface area contributed by atoms with E-state index in [1.54, 1.807) is 0 Å². The molecule has 1 atom stereocenters. The SMILES string of the molecule is NC(CC1CC1)C1CCCCC1. The van der Waals surface area contributed by atoms with E-state index in [-0.39, 0.29) is 0 Å². The minimum Gasteiger partial charge on any atom is -0.327 e. The smallest absolute Gasteiger partial charge is 0.00697 e. The van der Waals surface area contributed by atoms with Crippen molar-refractivity contribution in [2.75, 3.05) is 0 Å². The summed E-state index contributed by atoms with van der Waals surface area (Å²) in [6, 6.07) is 0.540. The molecule has 1 nitrogen and oxygen atoms in total. The standard InChI is InChI=1S/C11H21N/c12-11(8-9-6-7-9)10-4-2-1-3-5-10/h9-11H,1-8,12H2. The third-order valence-corrected chi connectivity index (χ3v) is 3.56. The van der Waals surface area contributed by atoms with Gasteiger partial charge in [0.05, 0.1) is 0 Å². The summed E-state index contributed by atoms with van der Waals surface area (Å²) in [4.78, 5) is 0. The Labute approximate surface area is 75.7 Å². The Bertz CT molecular complexity index is 134. The number of hydrogen-bond donors (Lipinski definition) is 1. The van der Waals surface area contributed by atoms with Crippen molar-refractivity contribution in [3.8, 4) is 0 Å². The lowest BCUT2D eigenvalue weighted by Gasteiger charge is -2.27. The van der Waals surface area contributed by atoms with Crippen molar-refractivity contribution >= 4 is 0 Å². The molecule has 2 saturated carbocycles. The first kappa shape index (κ1) is 8.55. The van der Waals surface area contributed by atoms with Crippen LogP contribution in [0, 0.1) is 11.8 Å². The molecule has 2 rings (SSSR count). The average molecular weight is 167 g/mol. The molecule has 70 valence electrons. The van der Waals surface area contributed by atoms with Gasteiger partial charge in [-0.15, -0.1) is 0 Å². The fourth-order valence-corrected chi connectivity index (χ4v) is 2.49. The fourth-order valence-electron chi connectivity index (χ4n) is 2.49. The Kier molecular flexibility index (Phi) is 2.69. The molecule has 2 aliphatic rings. The highest BCUT2D eigenvalue weighted by Gasteiger charge is 2.28. The highest BCUT2D eigenvalue weighted by Crippen LogP contribution is 2.36. The quantitative estimate of drug-likeness (QED) is 0.687. The molecule has 12 heavy (non-hydrogen) atoms. The monoisotopic (exact) mass is 167 g/mol. The first-order chi connectivity index (χ1) is 5.86. The lowest BCUT2D eigenvalue weighted by Crippen LogP contribution is -2.31. The van der Waals surface area contributed by atoms with Crippen LogP contribution in [-0.2, 0) is 0 Å². The molecule has 2 aliphatic carbocycles. The summed E-state index contributed by atoms with van der Waals surface area (Å²) in [6.45, 7) is 0. The number of rotatable bonds is 3. The predicted molar refractivity (Wildman–Crippen MR) is 51.9 cm³/mol. The van der Waals surface area contributed by atoms with E-state index < -0.39 is 0 Å². The predicted octanol–water partition coefficient (Wildman–Crippen LogP) is 2.69. The van der Waals surface area contributed by atoms with Crippen LogP contribution in [0.2, 0.25) is 0 Å². The van der Waals surface area contributed by atoms with E-state index >= 15 is 0 Å². The van der Waals surface area contributed by atoms with Gasteiger partial charge >= 0.3 is 0 Å². The molecule has 2 fully saturated rings. The van der Waals surface area contributed by atoms with E-state index in [9.17, 15) is 0 Å². The second-order valence-corrected chi connectivity index (χ2v) is 4.74. The van der Waals surface area contributed by atoms with E-state index in [2.05, 4.69) is 0 Å².